The Hall–Kier alpha value is -2.58. The highest BCUT2D eigenvalue weighted by molar-refractivity contribution is 6.35. The van der Waals surface area contributed by atoms with E-state index >= 15 is 0 Å². The Morgan fingerprint density at radius 1 is 1.27 bits per heavy atom. The van der Waals surface area contributed by atoms with Gasteiger partial charge in [-0.2, -0.15) is 0 Å². The van der Waals surface area contributed by atoms with E-state index in [4.69, 9.17) is 28.3 Å². The first kappa shape index (κ1) is 18.2. The number of fused-ring (bicyclic) bond motifs is 1. The largest absolute Gasteiger partial charge is 0.480 e. The van der Waals surface area contributed by atoms with Crippen molar-refractivity contribution >= 4 is 52.6 Å². The van der Waals surface area contributed by atoms with Gasteiger partial charge >= 0.3 is 5.97 Å². The predicted octanol–water partition coefficient (Wildman–Crippen LogP) is 2.63. The van der Waals surface area contributed by atoms with Crippen LogP contribution in [0.1, 0.15) is 30.4 Å². The van der Waals surface area contributed by atoms with Crippen molar-refractivity contribution in [1.29, 1.82) is 0 Å². The van der Waals surface area contributed by atoms with Gasteiger partial charge in [-0.25, -0.2) is 9.88 Å². The second kappa shape index (κ2) is 6.62. The molecular weight excluding hydrogens is 383 g/mol. The molecule has 0 fully saturated rings. The molecule has 2 N–H and O–H groups in total. The van der Waals surface area contributed by atoms with Crippen LogP contribution in [0.2, 0.25) is 10.0 Å². The van der Waals surface area contributed by atoms with Gasteiger partial charge in [-0.05, 0) is 32.0 Å². The molecule has 0 bridgehead atoms. The molecule has 0 saturated heterocycles. The van der Waals surface area contributed by atoms with Crippen LogP contribution in [0.15, 0.2) is 24.4 Å². The molecule has 2 amide bonds. The Morgan fingerprint density at radius 2 is 1.88 bits per heavy atom. The minimum Gasteiger partial charge on any atom is -0.480 e. The number of anilines is 2. The van der Waals surface area contributed by atoms with Gasteiger partial charge in [0, 0.05) is 10.0 Å². The van der Waals surface area contributed by atoms with Crippen LogP contribution in [0.4, 0.5) is 11.6 Å². The van der Waals surface area contributed by atoms with E-state index in [0.29, 0.717) is 15.7 Å². The molecule has 1 aromatic carbocycles. The quantitative estimate of drug-likeness (QED) is 0.826. The smallest absolute Gasteiger partial charge is 0.325 e. The highest BCUT2D eigenvalue weighted by Crippen LogP contribution is 2.38. The molecule has 2 aromatic rings. The van der Waals surface area contributed by atoms with Crippen LogP contribution in [0.5, 0.6) is 0 Å². The summed E-state index contributed by atoms with van der Waals surface area (Å²) in [5.41, 5.74) is 0.513. The molecule has 0 unspecified atom stereocenters. The molecule has 0 spiro atoms. The Balaban J connectivity index is 2.01. The van der Waals surface area contributed by atoms with E-state index in [0.717, 1.165) is 0 Å². The number of carboxylic acids is 1. The van der Waals surface area contributed by atoms with E-state index < -0.39 is 24.0 Å². The third kappa shape index (κ3) is 3.02. The summed E-state index contributed by atoms with van der Waals surface area (Å²) in [6.07, 6.45) is 1.29. The molecule has 0 saturated carbocycles. The number of hydrogen-bond acceptors (Lipinski definition) is 4. The van der Waals surface area contributed by atoms with Crippen molar-refractivity contribution in [2.24, 2.45) is 0 Å². The van der Waals surface area contributed by atoms with Crippen molar-refractivity contribution < 1.29 is 19.5 Å². The summed E-state index contributed by atoms with van der Waals surface area (Å²) in [5, 5.41) is 12.0. The predicted molar refractivity (Wildman–Crippen MR) is 95.1 cm³/mol. The molecule has 0 radical (unpaired) electrons. The normalized spacial score (nSPS) is 17.2. The van der Waals surface area contributed by atoms with Crippen LogP contribution in [-0.2, 0) is 9.59 Å². The third-order valence-electron chi connectivity index (χ3n) is 4.00. The van der Waals surface area contributed by atoms with E-state index in [1.54, 1.807) is 19.1 Å². The number of benzene rings is 1. The number of nitrogens with one attached hydrogen (secondary N) is 1. The number of carbonyl (C=O) groups is 3. The Labute approximate surface area is 158 Å². The van der Waals surface area contributed by atoms with E-state index in [9.17, 15) is 14.4 Å². The number of aromatic nitrogens is 2. The van der Waals surface area contributed by atoms with Crippen molar-refractivity contribution in [3.8, 4) is 0 Å². The fraction of sp³-hybridized carbons (Fsp3) is 0.250. The number of imidazole rings is 1. The van der Waals surface area contributed by atoms with Gasteiger partial charge in [0.25, 0.3) is 11.8 Å². The first-order chi connectivity index (χ1) is 12.2. The van der Waals surface area contributed by atoms with Gasteiger partial charge in [0.1, 0.15) is 17.8 Å². The van der Waals surface area contributed by atoms with Crippen LogP contribution < -0.4 is 10.2 Å². The molecule has 26 heavy (non-hydrogen) atoms. The Bertz CT molecular complexity index is 907. The first-order valence-electron chi connectivity index (χ1n) is 7.61. The number of halogens is 2. The molecule has 10 heteroatoms. The fourth-order valence-corrected chi connectivity index (χ4v) is 3.22. The molecular formula is C16H14Cl2N4O4. The van der Waals surface area contributed by atoms with Gasteiger partial charge < -0.3 is 10.4 Å². The summed E-state index contributed by atoms with van der Waals surface area (Å²) in [7, 11) is 0. The van der Waals surface area contributed by atoms with Gasteiger partial charge in [-0.3, -0.25) is 19.0 Å². The molecule has 3 rings (SSSR count). The zero-order chi connectivity index (χ0) is 19.2. The van der Waals surface area contributed by atoms with Gasteiger partial charge in [-0.1, -0.05) is 23.2 Å². The van der Waals surface area contributed by atoms with Crippen molar-refractivity contribution in [2.75, 3.05) is 4.90 Å². The number of amides is 2. The maximum absolute atomic E-state index is 12.7. The lowest BCUT2D eigenvalue weighted by Gasteiger charge is -2.15. The van der Waals surface area contributed by atoms with Gasteiger partial charge in [0.15, 0.2) is 0 Å². The number of hydrogen-bond donors (Lipinski definition) is 2. The van der Waals surface area contributed by atoms with Crippen LogP contribution in [-0.4, -0.2) is 38.5 Å². The Kier molecular flexibility index (Phi) is 4.64. The van der Waals surface area contributed by atoms with Crippen molar-refractivity contribution in [3.63, 3.8) is 0 Å². The topological polar surface area (TPSA) is 105 Å². The van der Waals surface area contributed by atoms with Crippen LogP contribution in [0.25, 0.3) is 0 Å². The highest BCUT2D eigenvalue weighted by atomic mass is 35.5. The van der Waals surface area contributed by atoms with Crippen molar-refractivity contribution in [3.05, 3.63) is 40.1 Å². The summed E-state index contributed by atoms with van der Waals surface area (Å²) in [6.45, 7) is 2.97. The minimum absolute atomic E-state index is 0.0876. The third-order valence-corrected chi connectivity index (χ3v) is 4.44. The number of rotatable bonds is 4. The zero-order valence-electron chi connectivity index (χ0n) is 13.7. The lowest BCUT2D eigenvalue weighted by atomic mass is 10.2. The summed E-state index contributed by atoms with van der Waals surface area (Å²) < 4.78 is 1.45. The second-order valence-corrected chi connectivity index (χ2v) is 6.70. The van der Waals surface area contributed by atoms with Crippen molar-refractivity contribution in [2.45, 2.75) is 25.9 Å². The molecule has 0 aliphatic carbocycles. The van der Waals surface area contributed by atoms with E-state index in [2.05, 4.69) is 10.3 Å². The first-order valence-corrected chi connectivity index (χ1v) is 8.37. The zero-order valence-corrected chi connectivity index (χ0v) is 15.2. The van der Waals surface area contributed by atoms with Crippen LogP contribution >= 0.6 is 23.2 Å². The lowest BCUT2D eigenvalue weighted by Crippen LogP contribution is -2.39. The monoisotopic (exact) mass is 396 g/mol. The molecule has 1 aromatic heterocycles. The lowest BCUT2D eigenvalue weighted by molar-refractivity contribution is -0.138. The SMILES string of the molecule is C[C@H](NC(=O)c1cnc2n1[C@@H](C)C(=O)N2c1cc(Cl)cc(Cl)c1)C(=O)O. The maximum Gasteiger partial charge on any atom is 0.325 e. The Morgan fingerprint density at radius 3 is 2.46 bits per heavy atom. The van der Waals surface area contributed by atoms with E-state index in [1.807, 2.05) is 0 Å². The van der Waals surface area contributed by atoms with Gasteiger partial charge in [0.2, 0.25) is 5.95 Å². The molecule has 1 aliphatic rings. The van der Waals surface area contributed by atoms with E-state index in [1.165, 1.54) is 28.7 Å². The summed E-state index contributed by atoms with van der Waals surface area (Å²) in [5.74, 6) is -1.89. The summed E-state index contributed by atoms with van der Waals surface area (Å²) >= 11 is 12.0. The van der Waals surface area contributed by atoms with Crippen LogP contribution in [0.3, 0.4) is 0 Å². The van der Waals surface area contributed by atoms with Gasteiger partial charge in [-0.15, -0.1) is 0 Å². The summed E-state index contributed by atoms with van der Waals surface area (Å²) in [6, 6.07) is 2.88. The average Bonchev–Trinajstić information content (AvgIpc) is 3.06. The number of carbonyl (C=O) groups excluding carboxylic acids is 2. The molecule has 8 nitrogen and oxygen atoms in total. The molecule has 2 heterocycles. The fourth-order valence-electron chi connectivity index (χ4n) is 2.71. The minimum atomic E-state index is -1.17. The highest BCUT2D eigenvalue weighted by Gasteiger charge is 2.39. The average molecular weight is 397 g/mol. The van der Waals surface area contributed by atoms with Gasteiger partial charge in [0.05, 0.1) is 11.9 Å². The number of nitrogens with zero attached hydrogens (tertiary/aromatic N) is 3. The summed E-state index contributed by atoms with van der Waals surface area (Å²) in [4.78, 5) is 41.5. The number of carboxylic acid groups (broad SMARTS) is 1. The van der Waals surface area contributed by atoms with E-state index in [-0.39, 0.29) is 17.5 Å². The number of aliphatic carboxylic acids is 1. The maximum atomic E-state index is 12.7. The molecule has 1 aliphatic heterocycles. The van der Waals surface area contributed by atoms with Crippen molar-refractivity contribution in [1.82, 2.24) is 14.9 Å². The second-order valence-electron chi connectivity index (χ2n) is 5.82. The standard InChI is InChI=1S/C16H14Cl2N4O4/c1-7(15(25)26)20-13(23)12-6-19-16-21(12)8(2)14(24)22(16)11-4-9(17)3-10(18)5-11/h3-8H,1-2H3,(H,20,23)(H,25,26)/t7-,8-/m0/s1. The molecule has 136 valence electrons. The molecule has 2 atom stereocenters. The van der Waals surface area contributed by atoms with Crippen LogP contribution in [0, 0.1) is 0 Å².